The number of fused-ring (bicyclic) bond motifs is 1. The second kappa shape index (κ2) is 12.4. The zero-order valence-corrected chi connectivity index (χ0v) is 20.7. The van der Waals surface area contributed by atoms with E-state index in [1.807, 2.05) is 18.2 Å². The first-order valence-electron chi connectivity index (χ1n) is 10.8. The van der Waals surface area contributed by atoms with Gasteiger partial charge in [0, 0.05) is 30.9 Å². The molecule has 3 aromatic carbocycles. The number of hydrogen-bond donors (Lipinski definition) is 4. The summed E-state index contributed by atoms with van der Waals surface area (Å²) >= 11 is 0. The molecule has 0 atom stereocenters. The number of nitrogens with two attached hydrogens (primary N) is 2. The Balaban J connectivity index is 0.00000216. The van der Waals surface area contributed by atoms with Gasteiger partial charge in [0.25, 0.3) is 0 Å². The average molecular weight is 518 g/mol. The molecule has 1 aliphatic heterocycles. The second-order valence-corrected chi connectivity index (χ2v) is 8.25. The number of likely N-dealkylation sites (tertiary alicyclic amines) is 1. The molecule has 1 heterocycles. The highest BCUT2D eigenvalue weighted by molar-refractivity contribution is 6.39. The van der Waals surface area contributed by atoms with E-state index in [0.29, 0.717) is 5.69 Å². The van der Waals surface area contributed by atoms with Crippen molar-refractivity contribution in [2.75, 3.05) is 18.4 Å². The first-order chi connectivity index (χ1) is 15.9. The Labute approximate surface area is 216 Å². The van der Waals surface area contributed by atoms with Crippen LogP contribution in [0.2, 0.25) is 0 Å². The molecule has 4 rings (SSSR count). The van der Waals surface area contributed by atoms with Gasteiger partial charge in [0.1, 0.15) is 17.7 Å². The van der Waals surface area contributed by atoms with Crippen LogP contribution in [0.5, 0.6) is 5.75 Å². The van der Waals surface area contributed by atoms with Crippen molar-refractivity contribution < 1.29 is 14.3 Å². The normalized spacial score (nSPS) is 13.8. The lowest BCUT2D eigenvalue weighted by molar-refractivity contribution is -0.134. The van der Waals surface area contributed by atoms with Crippen molar-refractivity contribution in [3.05, 3.63) is 71.8 Å². The minimum atomic E-state index is -1.02. The number of benzene rings is 3. The van der Waals surface area contributed by atoms with Crippen molar-refractivity contribution in [3.8, 4) is 5.75 Å². The molecule has 0 saturated carbocycles. The van der Waals surface area contributed by atoms with Crippen molar-refractivity contribution in [3.63, 3.8) is 0 Å². The molecular weight excluding hydrogens is 489 g/mol. The van der Waals surface area contributed by atoms with E-state index in [-0.39, 0.29) is 36.8 Å². The summed E-state index contributed by atoms with van der Waals surface area (Å²) in [6.45, 7) is 2.73. The quantitative estimate of drug-likeness (QED) is 0.225. The lowest BCUT2D eigenvalue weighted by Crippen LogP contribution is -2.37. The number of rotatable bonds is 6. The number of carbonyl (C=O) groups excluding carboxylic acids is 2. The Hall–Kier alpha value is -3.33. The van der Waals surface area contributed by atoms with Gasteiger partial charge < -0.3 is 21.5 Å². The van der Waals surface area contributed by atoms with Crippen LogP contribution in [0.15, 0.2) is 60.7 Å². The molecule has 8 nitrogen and oxygen atoms in total. The fourth-order valence-electron chi connectivity index (χ4n) is 4.01. The van der Waals surface area contributed by atoms with Gasteiger partial charge in [-0.25, -0.2) is 0 Å². The Kier molecular flexibility index (Phi) is 9.89. The number of nitrogen functional groups attached to an aromatic ring is 1. The second-order valence-electron chi connectivity index (χ2n) is 8.25. The summed E-state index contributed by atoms with van der Waals surface area (Å²) in [6.07, 6.45) is 1.96. The van der Waals surface area contributed by atoms with E-state index in [2.05, 4.69) is 28.4 Å². The number of hydrogen-bond acceptors (Lipinski definition) is 5. The number of halogens is 2. The standard InChI is InChI=1S/C25H27N5O3.2ClH/c26-23(27)18-4-3-17-2-1-16(13-19(17)14-18)15-30-11-9-22(10-12-30)33-21-7-5-20(6-8-21)29-25(32)24(28)31;;/h1-8,13-14,22H,9-12,15H2,(H3,26,27)(H2,28,31)(H,29,32);2*1H. The molecule has 10 heteroatoms. The number of amides is 2. The summed E-state index contributed by atoms with van der Waals surface area (Å²) in [4.78, 5) is 24.6. The Morgan fingerprint density at radius 1 is 0.943 bits per heavy atom. The highest BCUT2D eigenvalue weighted by Gasteiger charge is 2.21. The van der Waals surface area contributed by atoms with Crippen molar-refractivity contribution in [2.24, 2.45) is 11.5 Å². The number of ether oxygens (including phenoxy) is 1. The van der Waals surface area contributed by atoms with Gasteiger partial charge in [-0.15, -0.1) is 24.8 Å². The Morgan fingerprint density at radius 3 is 2.23 bits per heavy atom. The highest BCUT2D eigenvalue weighted by atomic mass is 35.5. The molecule has 0 radical (unpaired) electrons. The molecule has 0 spiro atoms. The van der Waals surface area contributed by atoms with E-state index >= 15 is 0 Å². The zero-order valence-electron chi connectivity index (χ0n) is 19.0. The maximum Gasteiger partial charge on any atom is 0.313 e. The molecule has 0 bridgehead atoms. The molecule has 1 fully saturated rings. The van der Waals surface area contributed by atoms with E-state index in [1.165, 1.54) is 5.56 Å². The Bertz CT molecular complexity index is 1200. The number of piperidine rings is 1. The molecule has 3 aromatic rings. The lowest BCUT2D eigenvalue weighted by atomic mass is 10.0. The number of primary amides is 1. The van der Waals surface area contributed by atoms with E-state index in [1.54, 1.807) is 24.3 Å². The summed E-state index contributed by atoms with van der Waals surface area (Å²) in [5.74, 6) is -1.07. The van der Waals surface area contributed by atoms with Crippen LogP contribution in [-0.2, 0) is 16.1 Å². The van der Waals surface area contributed by atoms with Gasteiger partial charge in [-0.1, -0.05) is 24.3 Å². The van der Waals surface area contributed by atoms with Crippen molar-refractivity contribution in [2.45, 2.75) is 25.5 Å². The summed E-state index contributed by atoms with van der Waals surface area (Å²) in [6, 6.07) is 19.2. The number of anilines is 1. The van der Waals surface area contributed by atoms with Crippen LogP contribution in [0.25, 0.3) is 10.8 Å². The first kappa shape index (κ1) is 27.9. The molecule has 2 amide bonds. The molecule has 0 unspecified atom stereocenters. The molecular formula is C25H29Cl2N5O3. The van der Waals surface area contributed by atoms with Crippen LogP contribution in [0, 0.1) is 5.41 Å². The third kappa shape index (κ3) is 7.32. The van der Waals surface area contributed by atoms with Crippen molar-refractivity contribution in [1.82, 2.24) is 4.90 Å². The predicted octanol–water partition coefficient (Wildman–Crippen LogP) is 3.43. The van der Waals surface area contributed by atoms with Gasteiger partial charge in [-0.3, -0.25) is 19.9 Å². The summed E-state index contributed by atoms with van der Waals surface area (Å²) in [7, 11) is 0. The number of amidine groups is 1. The molecule has 6 N–H and O–H groups in total. The lowest BCUT2D eigenvalue weighted by Gasteiger charge is -2.32. The maximum atomic E-state index is 11.3. The summed E-state index contributed by atoms with van der Waals surface area (Å²) < 4.78 is 6.09. The molecule has 0 aliphatic carbocycles. The fourth-order valence-corrected chi connectivity index (χ4v) is 4.01. The molecule has 186 valence electrons. The van der Waals surface area contributed by atoms with Gasteiger partial charge in [-0.05, 0) is 65.6 Å². The summed E-state index contributed by atoms with van der Waals surface area (Å²) in [5, 5.41) is 12.3. The minimum Gasteiger partial charge on any atom is -0.490 e. The zero-order chi connectivity index (χ0) is 23.4. The van der Waals surface area contributed by atoms with Crippen molar-refractivity contribution in [1.29, 1.82) is 5.41 Å². The van der Waals surface area contributed by atoms with Crippen LogP contribution in [0.3, 0.4) is 0 Å². The number of carbonyl (C=O) groups is 2. The minimum absolute atomic E-state index is 0. The van der Waals surface area contributed by atoms with E-state index in [0.717, 1.165) is 54.6 Å². The topological polar surface area (TPSA) is 135 Å². The molecule has 1 saturated heterocycles. The summed E-state index contributed by atoms with van der Waals surface area (Å²) in [5.41, 5.74) is 13.0. The van der Waals surface area contributed by atoms with Gasteiger partial charge in [0.15, 0.2) is 0 Å². The fraction of sp³-hybridized carbons (Fsp3) is 0.240. The molecule has 0 aromatic heterocycles. The average Bonchev–Trinajstić information content (AvgIpc) is 2.81. The van der Waals surface area contributed by atoms with Crippen LogP contribution in [0.1, 0.15) is 24.0 Å². The number of nitrogens with zero attached hydrogens (tertiary/aromatic N) is 1. The van der Waals surface area contributed by atoms with Crippen LogP contribution in [-0.4, -0.2) is 41.7 Å². The largest absolute Gasteiger partial charge is 0.490 e. The van der Waals surface area contributed by atoms with Crippen LogP contribution >= 0.6 is 24.8 Å². The van der Waals surface area contributed by atoms with Gasteiger partial charge in [0.2, 0.25) is 0 Å². The highest BCUT2D eigenvalue weighted by Crippen LogP contribution is 2.23. The Morgan fingerprint density at radius 2 is 1.60 bits per heavy atom. The smallest absolute Gasteiger partial charge is 0.313 e. The van der Waals surface area contributed by atoms with Crippen LogP contribution in [0.4, 0.5) is 5.69 Å². The third-order valence-corrected chi connectivity index (χ3v) is 5.80. The number of nitrogens with one attached hydrogen (secondary N) is 2. The monoisotopic (exact) mass is 517 g/mol. The molecule has 35 heavy (non-hydrogen) atoms. The first-order valence-corrected chi connectivity index (χ1v) is 10.8. The van der Waals surface area contributed by atoms with E-state index < -0.39 is 11.8 Å². The van der Waals surface area contributed by atoms with Gasteiger partial charge >= 0.3 is 11.8 Å². The van der Waals surface area contributed by atoms with Crippen molar-refractivity contribution >= 4 is 58.9 Å². The third-order valence-electron chi connectivity index (χ3n) is 5.80. The SMILES string of the molecule is Cl.Cl.N=C(N)c1ccc2ccc(CN3CCC(Oc4ccc(NC(=O)C(N)=O)cc4)CC3)cc2c1. The van der Waals surface area contributed by atoms with E-state index in [9.17, 15) is 9.59 Å². The van der Waals surface area contributed by atoms with Crippen LogP contribution < -0.4 is 21.5 Å². The van der Waals surface area contributed by atoms with Gasteiger partial charge in [-0.2, -0.15) is 0 Å². The van der Waals surface area contributed by atoms with E-state index in [4.69, 9.17) is 21.6 Å². The predicted molar refractivity (Wildman–Crippen MR) is 143 cm³/mol. The molecule has 1 aliphatic rings. The maximum absolute atomic E-state index is 11.3. The van der Waals surface area contributed by atoms with Gasteiger partial charge in [0.05, 0.1) is 0 Å².